The third-order valence-electron chi connectivity index (χ3n) is 2.01. The summed E-state index contributed by atoms with van der Waals surface area (Å²) in [5, 5.41) is 0. The van der Waals surface area contributed by atoms with Crippen LogP contribution >= 0.6 is 0 Å². The van der Waals surface area contributed by atoms with Crippen molar-refractivity contribution in [1.29, 1.82) is 0 Å². The molecule has 0 saturated heterocycles. The number of hydrogen-bond donors (Lipinski definition) is 2. The average molecular weight is 225 g/mol. The molecular weight excluding hydrogens is 213 g/mol. The summed E-state index contributed by atoms with van der Waals surface area (Å²) in [5.74, 6) is 2.85. The highest BCUT2D eigenvalue weighted by Crippen LogP contribution is 2.05. The molecule has 0 atom stereocenters. The van der Waals surface area contributed by atoms with E-state index in [9.17, 15) is 14.0 Å². The van der Waals surface area contributed by atoms with Crippen molar-refractivity contribution < 1.29 is 14.0 Å². The predicted molar refractivity (Wildman–Crippen MR) is 55.2 cm³/mol. The minimum Gasteiger partial charge on any atom is -0.333 e. The smallest absolute Gasteiger partial charge is 0.323 e. The maximum atomic E-state index is 12.6. The summed E-state index contributed by atoms with van der Waals surface area (Å²) in [5.41, 5.74) is 2.47. The zero-order valence-electron chi connectivity index (χ0n) is 8.74. The number of likely N-dealkylation sites (N-methyl/N-ethyl adjacent to an activating group) is 1. The van der Waals surface area contributed by atoms with Gasteiger partial charge in [-0.1, -0.05) is 12.1 Å². The van der Waals surface area contributed by atoms with E-state index in [-0.39, 0.29) is 12.4 Å². The molecule has 3 N–H and O–H groups in total. The van der Waals surface area contributed by atoms with Crippen molar-refractivity contribution in [2.45, 2.75) is 6.54 Å². The van der Waals surface area contributed by atoms with Crippen LogP contribution in [0.3, 0.4) is 0 Å². The van der Waals surface area contributed by atoms with Gasteiger partial charge in [0.15, 0.2) is 0 Å². The van der Waals surface area contributed by atoms with Crippen molar-refractivity contribution in [2.75, 3.05) is 7.05 Å². The van der Waals surface area contributed by atoms with Crippen LogP contribution in [0.4, 0.5) is 4.39 Å². The number of carbonyl (C=O) groups is 2. The zero-order chi connectivity index (χ0) is 12.1. The molecule has 5 nitrogen and oxygen atoms in total. The second-order valence-electron chi connectivity index (χ2n) is 3.26. The number of benzene rings is 1. The van der Waals surface area contributed by atoms with Crippen molar-refractivity contribution in [3.63, 3.8) is 0 Å². The summed E-state index contributed by atoms with van der Waals surface area (Å²) in [6.07, 6.45) is 0. The highest BCUT2D eigenvalue weighted by Gasteiger charge is 2.17. The Morgan fingerprint density at radius 1 is 1.38 bits per heavy atom. The first kappa shape index (κ1) is 12.1. The molecule has 0 unspecified atom stereocenters. The third kappa shape index (κ3) is 3.03. The minimum absolute atomic E-state index is 0.215. The van der Waals surface area contributed by atoms with Crippen molar-refractivity contribution in [1.82, 2.24) is 10.3 Å². The molecule has 86 valence electrons. The lowest BCUT2D eigenvalue weighted by atomic mass is 10.2. The first-order chi connectivity index (χ1) is 7.54. The summed E-state index contributed by atoms with van der Waals surface area (Å²) in [6, 6.07) is 5.66. The van der Waals surface area contributed by atoms with Gasteiger partial charge in [0.1, 0.15) is 5.82 Å². The molecule has 6 heteroatoms. The summed E-state index contributed by atoms with van der Waals surface area (Å²) in [7, 11) is 1.46. The zero-order valence-corrected chi connectivity index (χ0v) is 8.74. The van der Waals surface area contributed by atoms with Gasteiger partial charge in [0.2, 0.25) is 0 Å². The van der Waals surface area contributed by atoms with E-state index in [4.69, 9.17) is 5.84 Å². The number of nitrogens with zero attached hydrogens (tertiary/aromatic N) is 1. The maximum absolute atomic E-state index is 12.6. The van der Waals surface area contributed by atoms with Gasteiger partial charge in [-0.2, -0.15) is 0 Å². The van der Waals surface area contributed by atoms with Crippen LogP contribution in [0.2, 0.25) is 0 Å². The molecule has 1 aromatic carbocycles. The standard InChI is InChI=1S/C10H12FN3O2/c1-14(10(16)9(15)13-12)6-7-2-4-8(11)5-3-7/h2-5H,6,12H2,1H3,(H,13,15). The lowest BCUT2D eigenvalue weighted by Gasteiger charge is -2.15. The van der Waals surface area contributed by atoms with Crippen LogP contribution < -0.4 is 11.3 Å². The van der Waals surface area contributed by atoms with Crippen molar-refractivity contribution in [3.8, 4) is 0 Å². The Labute approximate surface area is 92.0 Å². The van der Waals surface area contributed by atoms with Crippen LogP contribution in [0.5, 0.6) is 0 Å². The Morgan fingerprint density at radius 3 is 2.44 bits per heavy atom. The Morgan fingerprint density at radius 2 is 1.94 bits per heavy atom. The van der Waals surface area contributed by atoms with Gasteiger partial charge in [-0.25, -0.2) is 10.2 Å². The van der Waals surface area contributed by atoms with Crippen LogP contribution in [0.1, 0.15) is 5.56 Å². The molecule has 16 heavy (non-hydrogen) atoms. The van der Waals surface area contributed by atoms with E-state index in [1.165, 1.54) is 24.1 Å². The Kier molecular flexibility index (Phi) is 3.96. The van der Waals surface area contributed by atoms with Gasteiger partial charge in [0.05, 0.1) is 0 Å². The largest absolute Gasteiger partial charge is 0.333 e. The van der Waals surface area contributed by atoms with E-state index in [1.807, 2.05) is 0 Å². The van der Waals surface area contributed by atoms with Gasteiger partial charge < -0.3 is 4.90 Å². The van der Waals surface area contributed by atoms with E-state index in [0.29, 0.717) is 0 Å². The van der Waals surface area contributed by atoms with Crippen molar-refractivity contribution in [3.05, 3.63) is 35.6 Å². The Hall–Kier alpha value is -1.95. The molecule has 0 aromatic heterocycles. The van der Waals surface area contributed by atoms with Crippen LogP contribution in [-0.4, -0.2) is 23.8 Å². The Balaban J connectivity index is 2.64. The first-order valence-electron chi connectivity index (χ1n) is 4.55. The van der Waals surface area contributed by atoms with Gasteiger partial charge in [-0.05, 0) is 17.7 Å². The number of carbonyl (C=O) groups excluding carboxylic acids is 2. The van der Waals surface area contributed by atoms with E-state index < -0.39 is 11.8 Å². The quantitative estimate of drug-likeness (QED) is 0.316. The number of hydrogen-bond acceptors (Lipinski definition) is 3. The van der Waals surface area contributed by atoms with Gasteiger partial charge in [-0.15, -0.1) is 0 Å². The molecule has 1 aromatic rings. The molecule has 0 aliphatic rings. The fraction of sp³-hybridized carbons (Fsp3) is 0.200. The van der Waals surface area contributed by atoms with Crippen molar-refractivity contribution >= 4 is 11.8 Å². The van der Waals surface area contributed by atoms with Crippen LogP contribution in [0.15, 0.2) is 24.3 Å². The number of nitrogens with one attached hydrogen (secondary N) is 1. The number of amides is 2. The van der Waals surface area contributed by atoms with E-state index in [1.54, 1.807) is 17.6 Å². The molecule has 0 bridgehead atoms. The molecule has 2 amide bonds. The second kappa shape index (κ2) is 5.22. The third-order valence-corrected chi connectivity index (χ3v) is 2.01. The molecule has 0 saturated carbocycles. The van der Waals surface area contributed by atoms with Crippen LogP contribution in [-0.2, 0) is 16.1 Å². The first-order valence-corrected chi connectivity index (χ1v) is 4.55. The minimum atomic E-state index is -0.885. The number of hydrazine groups is 1. The average Bonchev–Trinajstić information content (AvgIpc) is 2.30. The highest BCUT2D eigenvalue weighted by atomic mass is 19.1. The lowest BCUT2D eigenvalue weighted by molar-refractivity contribution is -0.145. The molecule has 0 aliphatic carbocycles. The summed E-state index contributed by atoms with van der Waals surface area (Å²) >= 11 is 0. The van der Waals surface area contributed by atoms with Gasteiger partial charge in [-0.3, -0.25) is 15.0 Å². The molecule has 0 spiro atoms. The van der Waals surface area contributed by atoms with Gasteiger partial charge >= 0.3 is 11.8 Å². The second-order valence-corrected chi connectivity index (χ2v) is 3.26. The highest BCUT2D eigenvalue weighted by molar-refractivity contribution is 6.34. The van der Waals surface area contributed by atoms with Crippen LogP contribution in [0.25, 0.3) is 0 Å². The van der Waals surface area contributed by atoms with Gasteiger partial charge in [0.25, 0.3) is 0 Å². The van der Waals surface area contributed by atoms with Crippen LogP contribution in [0, 0.1) is 5.82 Å². The maximum Gasteiger partial charge on any atom is 0.323 e. The summed E-state index contributed by atoms with van der Waals surface area (Å²) < 4.78 is 12.6. The van der Waals surface area contributed by atoms with E-state index >= 15 is 0 Å². The Bertz CT molecular complexity index is 392. The molecule has 1 rings (SSSR count). The number of halogens is 1. The normalized spacial score (nSPS) is 9.69. The SMILES string of the molecule is CN(Cc1ccc(F)cc1)C(=O)C(=O)NN. The summed E-state index contributed by atoms with van der Waals surface area (Å²) in [6.45, 7) is 0.215. The molecule has 0 radical (unpaired) electrons. The predicted octanol–water partition coefficient (Wildman–Crippen LogP) is -0.226. The van der Waals surface area contributed by atoms with E-state index in [0.717, 1.165) is 5.56 Å². The monoisotopic (exact) mass is 225 g/mol. The molecule has 0 heterocycles. The molecular formula is C10H12FN3O2. The summed E-state index contributed by atoms with van der Waals surface area (Å²) in [4.78, 5) is 23.4. The molecule has 0 fully saturated rings. The number of nitrogens with two attached hydrogens (primary N) is 1. The topological polar surface area (TPSA) is 75.4 Å². The fourth-order valence-corrected chi connectivity index (χ4v) is 1.17. The number of rotatable bonds is 2. The fourth-order valence-electron chi connectivity index (χ4n) is 1.17. The lowest BCUT2D eigenvalue weighted by Crippen LogP contribution is -2.43. The molecule has 0 aliphatic heterocycles. The van der Waals surface area contributed by atoms with E-state index in [2.05, 4.69) is 0 Å². The van der Waals surface area contributed by atoms with Gasteiger partial charge in [0, 0.05) is 13.6 Å². The van der Waals surface area contributed by atoms with Crippen molar-refractivity contribution in [2.24, 2.45) is 5.84 Å².